The van der Waals surface area contributed by atoms with E-state index >= 15 is 0 Å². The molecule has 0 spiro atoms. The molecule has 1 heterocycles. The predicted molar refractivity (Wildman–Crippen MR) is 52.4 cm³/mol. The first-order valence-corrected chi connectivity index (χ1v) is 5.01. The molecule has 2 unspecified atom stereocenters. The maximum atomic E-state index is 5.93. The molecule has 3 heteroatoms. The SMILES string of the molecule is Cn1ccc(C2CCCC(N)C2)n1. The fourth-order valence-electron chi connectivity index (χ4n) is 2.15. The molecule has 1 fully saturated rings. The second-order valence-electron chi connectivity index (χ2n) is 4.04. The molecular formula is C10H17N3. The topological polar surface area (TPSA) is 43.8 Å². The molecule has 13 heavy (non-hydrogen) atoms. The summed E-state index contributed by atoms with van der Waals surface area (Å²) in [5.41, 5.74) is 7.15. The van der Waals surface area contributed by atoms with E-state index in [2.05, 4.69) is 11.2 Å². The van der Waals surface area contributed by atoms with Gasteiger partial charge in [-0.2, -0.15) is 5.10 Å². The number of nitrogens with two attached hydrogens (primary N) is 1. The summed E-state index contributed by atoms with van der Waals surface area (Å²) in [6.07, 6.45) is 6.81. The third kappa shape index (κ3) is 1.91. The Hall–Kier alpha value is -0.830. The summed E-state index contributed by atoms with van der Waals surface area (Å²) in [5.74, 6) is 0.602. The van der Waals surface area contributed by atoms with E-state index in [0.717, 1.165) is 6.42 Å². The third-order valence-electron chi connectivity index (χ3n) is 2.87. The van der Waals surface area contributed by atoms with Crippen LogP contribution in [0, 0.1) is 0 Å². The minimum Gasteiger partial charge on any atom is -0.328 e. The zero-order valence-electron chi connectivity index (χ0n) is 8.11. The highest BCUT2D eigenvalue weighted by Gasteiger charge is 2.21. The molecule has 2 atom stereocenters. The average Bonchev–Trinajstić information content (AvgIpc) is 2.52. The van der Waals surface area contributed by atoms with E-state index in [1.807, 2.05) is 17.9 Å². The molecule has 1 aromatic heterocycles. The smallest absolute Gasteiger partial charge is 0.0655 e. The minimum absolute atomic E-state index is 0.390. The van der Waals surface area contributed by atoms with Gasteiger partial charge in [-0.1, -0.05) is 6.42 Å². The summed E-state index contributed by atoms with van der Waals surface area (Å²) in [6.45, 7) is 0. The molecule has 2 rings (SSSR count). The lowest BCUT2D eigenvalue weighted by Crippen LogP contribution is -2.27. The van der Waals surface area contributed by atoms with Crippen LogP contribution in [0.3, 0.4) is 0 Å². The standard InChI is InChI=1S/C10H17N3/c1-13-6-5-10(12-13)8-3-2-4-9(11)7-8/h5-6,8-9H,2-4,7,11H2,1H3. The van der Waals surface area contributed by atoms with E-state index in [9.17, 15) is 0 Å². The summed E-state index contributed by atoms with van der Waals surface area (Å²) < 4.78 is 1.87. The van der Waals surface area contributed by atoms with E-state index in [1.54, 1.807) is 0 Å². The Morgan fingerprint density at radius 2 is 2.38 bits per heavy atom. The van der Waals surface area contributed by atoms with E-state index in [-0.39, 0.29) is 0 Å². The van der Waals surface area contributed by atoms with Gasteiger partial charge in [0, 0.05) is 25.2 Å². The molecule has 0 bridgehead atoms. The van der Waals surface area contributed by atoms with Gasteiger partial charge in [-0.05, 0) is 25.3 Å². The first kappa shape index (κ1) is 8.75. The molecular weight excluding hydrogens is 162 g/mol. The minimum atomic E-state index is 0.390. The van der Waals surface area contributed by atoms with Gasteiger partial charge in [0.2, 0.25) is 0 Å². The summed E-state index contributed by atoms with van der Waals surface area (Å²) >= 11 is 0. The van der Waals surface area contributed by atoms with Crippen molar-refractivity contribution < 1.29 is 0 Å². The lowest BCUT2D eigenvalue weighted by atomic mass is 9.84. The molecule has 0 amide bonds. The summed E-state index contributed by atoms with van der Waals surface area (Å²) in [6, 6.07) is 2.50. The van der Waals surface area contributed by atoms with Crippen molar-refractivity contribution in [2.24, 2.45) is 12.8 Å². The van der Waals surface area contributed by atoms with Crippen LogP contribution in [0.1, 0.15) is 37.3 Å². The fraction of sp³-hybridized carbons (Fsp3) is 0.700. The van der Waals surface area contributed by atoms with Crippen LogP contribution in [0.15, 0.2) is 12.3 Å². The maximum Gasteiger partial charge on any atom is 0.0655 e. The Morgan fingerprint density at radius 1 is 1.54 bits per heavy atom. The Morgan fingerprint density at radius 3 is 3.00 bits per heavy atom. The molecule has 2 N–H and O–H groups in total. The molecule has 1 aliphatic rings. The van der Waals surface area contributed by atoms with Gasteiger partial charge in [0.15, 0.2) is 0 Å². The Labute approximate surface area is 78.9 Å². The highest BCUT2D eigenvalue weighted by atomic mass is 15.2. The van der Waals surface area contributed by atoms with Gasteiger partial charge in [-0.3, -0.25) is 4.68 Å². The number of aromatic nitrogens is 2. The van der Waals surface area contributed by atoms with Crippen LogP contribution in [0.4, 0.5) is 0 Å². The van der Waals surface area contributed by atoms with E-state index in [4.69, 9.17) is 5.73 Å². The largest absolute Gasteiger partial charge is 0.328 e. The fourth-order valence-corrected chi connectivity index (χ4v) is 2.15. The van der Waals surface area contributed by atoms with Crippen molar-refractivity contribution in [3.63, 3.8) is 0 Å². The first-order chi connectivity index (χ1) is 6.25. The first-order valence-electron chi connectivity index (χ1n) is 5.01. The van der Waals surface area contributed by atoms with Crippen LogP contribution in [-0.2, 0) is 7.05 Å². The third-order valence-corrected chi connectivity index (χ3v) is 2.87. The van der Waals surface area contributed by atoms with Crippen LogP contribution >= 0.6 is 0 Å². The van der Waals surface area contributed by atoms with Gasteiger partial charge in [0.05, 0.1) is 5.69 Å². The quantitative estimate of drug-likeness (QED) is 0.708. The predicted octanol–water partition coefficient (Wildman–Crippen LogP) is 1.41. The second-order valence-corrected chi connectivity index (χ2v) is 4.04. The monoisotopic (exact) mass is 179 g/mol. The van der Waals surface area contributed by atoms with Gasteiger partial charge in [-0.15, -0.1) is 0 Å². The number of rotatable bonds is 1. The molecule has 3 nitrogen and oxygen atoms in total. The van der Waals surface area contributed by atoms with Crippen LogP contribution in [0.2, 0.25) is 0 Å². The lowest BCUT2D eigenvalue weighted by Gasteiger charge is -2.24. The Bertz CT molecular complexity index is 279. The number of nitrogens with zero attached hydrogens (tertiary/aromatic N) is 2. The van der Waals surface area contributed by atoms with Crippen molar-refractivity contribution in [3.05, 3.63) is 18.0 Å². The van der Waals surface area contributed by atoms with E-state index < -0.39 is 0 Å². The molecule has 0 radical (unpaired) electrons. The van der Waals surface area contributed by atoms with Crippen molar-refractivity contribution in [2.45, 2.75) is 37.6 Å². The van der Waals surface area contributed by atoms with E-state index in [0.29, 0.717) is 12.0 Å². The summed E-state index contributed by atoms with van der Waals surface area (Å²) in [4.78, 5) is 0. The van der Waals surface area contributed by atoms with Gasteiger partial charge < -0.3 is 5.73 Å². The zero-order chi connectivity index (χ0) is 9.26. The van der Waals surface area contributed by atoms with Crippen molar-refractivity contribution in [1.29, 1.82) is 0 Å². The summed E-state index contributed by atoms with van der Waals surface area (Å²) in [7, 11) is 1.96. The van der Waals surface area contributed by atoms with Gasteiger partial charge in [0.1, 0.15) is 0 Å². The second kappa shape index (κ2) is 3.50. The highest BCUT2D eigenvalue weighted by Crippen LogP contribution is 2.30. The zero-order valence-corrected chi connectivity index (χ0v) is 8.11. The van der Waals surface area contributed by atoms with E-state index in [1.165, 1.54) is 25.0 Å². The summed E-state index contributed by atoms with van der Waals surface area (Å²) in [5, 5.41) is 4.43. The van der Waals surface area contributed by atoms with Gasteiger partial charge >= 0.3 is 0 Å². The Kier molecular flexibility index (Phi) is 2.36. The van der Waals surface area contributed by atoms with Crippen LogP contribution in [-0.4, -0.2) is 15.8 Å². The van der Waals surface area contributed by atoms with Crippen molar-refractivity contribution in [3.8, 4) is 0 Å². The molecule has 0 aromatic carbocycles. The van der Waals surface area contributed by atoms with Crippen LogP contribution in [0.5, 0.6) is 0 Å². The van der Waals surface area contributed by atoms with Crippen LogP contribution in [0.25, 0.3) is 0 Å². The number of aryl methyl sites for hydroxylation is 1. The molecule has 72 valence electrons. The van der Waals surface area contributed by atoms with Gasteiger partial charge in [-0.25, -0.2) is 0 Å². The number of hydrogen-bond acceptors (Lipinski definition) is 2. The molecule has 0 aliphatic heterocycles. The van der Waals surface area contributed by atoms with Crippen molar-refractivity contribution >= 4 is 0 Å². The van der Waals surface area contributed by atoms with Gasteiger partial charge in [0.25, 0.3) is 0 Å². The molecule has 1 aliphatic carbocycles. The highest BCUT2D eigenvalue weighted by molar-refractivity contribution is 5.08. The normalized spacial score (nSPS) is 29.1. The van der Waals surface area contributed by atoms with Crippen molar-refractivity contribution in [2.75, 3.05) is 0 Å². The lowest BCUT2D eigenvalue weighted by molar-refractivity contribution is 0.386. The molecule has 1 saturated carbocycles. The van der Waals surface area contributed by atoms with Crippen molar-refractivity contribution in [1.82, 2.24) is 9.78 Å². The number of hydrogen-bond donors (Lipinski definition) is 1. The molecule has 1 aromatic rings. The van der Waals surface area contributed by atoms with Crippen LogP contribution < -0.4 is 5.73 Å². The molecule has 0 saturated heterocycles. The average molecular weight is 179 g/mol. The Balaban J connectivity index is 2.08. The maximum absolute atomic E-state index is 5.93.